The van der Waals surface area contributed by atoms with Crippen LogP contribution in [0.5, 0.6) is 0 Å². The van der Waals surface area contributed by atoms with Crippen LogP contribution < -0.4 is 5.32 Å². The number of nitrogens with one attached hydrogen (secondary N) is 1. The molecule has 1 fully saturated rings. The zero-order valence-corrected chi connectivity index (χ0v) is 12.9. The quantitative estimate of drug-likeness (QED) is 0.867. The Balaban J connectivity index is 2.18. The lowest BCUT2D eigenvalue weighted by Gasteiger charge is -2.43. The number of aryl methyl sites for hydroxylation is 1. The highest BCUT2D eigenvalue weighted by Gasteiger charge is 2.40. The van der Waals surface area contributed by atoms with Gasteiger partial charge in [0.05, 0.1) is 5.60 Å². The van der Waals surface area contributed by atoms with Gasteiger partial charge >= 0.3 is 0 Å². The van der Waals surface area contributed by atoms with Crippen molar-refractivity contribution in [1.29, 1.82) is 0 Å². The Labute approximate surface area is 122 Å². The van der Waals surface area contributed by atoms with Crippen LogP contribution in [0, 0.1) is 6.92 Å². The smallest absolute Gasteiger partial charge is 0.0881 e. The molecule has 1 saturated heterocycles. The molecule has 3 heteroatoms. The second-order valence-corrected chi connectivity index (χ2v) is 5.58. The number of hydrogen-bond acceptors (Lipinski definition) is 3. The van der Waals surface area contributed by atoms with Crippen molar-refractivity contribution < 1.29 is 9.47 Å². The van der Waals surface area contributed by atoms with Gasteiger partial charge in [-0.3, -0.25) is 0 Å². The van der Waals surface area contributed by atoms with Gasteiger partial charge in [0.2, 0.25) is 0 Å². The summed E-state index contributed by atoms with van der Waals surface area (Å²) in [5.41, 5.74) is 2.66. The minimum absolute atomic E-state index is 0.0932. The third-order valence-electron chi connectivity index (χ3n) is 4.44. The molecule has 0 saturated carbocycles. The van der Waals surface area contributed by atoms with E-state index < -0.39 is 0 Å². The standard InChI is InChI=1S/C17H27NO2/c1-4-20-17(9-11-19-12-10-17)16(18-3)13-15-8-6-5-7-14(15)2/h5-8,16,18H,4,9-13H2,1-3H3. The van der Waals surface area contributed by atoms with Crippen LogP contribution in [0.3, 0.4) is 0 Å². The molecule has 0 spiro atoms. The maximum Gasteiger partial charge on any atom is 0.0881 e. The van der Waals surface area contributed by atoms with E-state index in [2.05, 4.69) is 43.4 Å². The van der Waals surface area contributed by atoms with Crippen molar-refractivity contribution in [2.24, 2.45) is 0 Å². The van der Waals surface area contributed by atoms with Gasteiger partial charge in [-0.1, -0.05) is 24.3 Å². The SMILES string of the molecule is CCOC1(C(Cc2ccccc2C)NC)CCOCC1. The van der Waals surface area contributed by atoms with E-state index in [0.717, 1.165) is 39.1 Å². The van der Waals surface area contributed by atoms with Gasteiger partial charge in [-0.05, 0) is 38.4 Å². The summed E-state index contributed by atoms with van der Waals surface area (Å²) in [6, 6.07) is 8.94. The molecular weight excluding hydrogens is 250 g/mol. The molecule has 1 N–H and O–H groups in total. The van der Waals surface area contributed by atoms with E-state index in [-0.39, 0.29) is 5.60 Å². The summed E-state index contributed by atoms with van der Waals surface area (Å²) in [5, 5.41) is 3.49. The minimum atomic E-state index is -0.0932. The van der Waals surface area contributed by atoms with E-state index in [1.165, 1.54) is 11.1 Å². The van der Waals surface area contributed by atoms with Crippen LogP contribution in [0.15, 0.2) is 24.3 Å². The summed E-state index contributed by atoms with van der Waals surface area (Å²) in [5.74, 6) is 0. The van der Waals surface area contributed by atoms with Gasteiger partial charge in [0, 0.05) is 38.7 Å². The van der Waals surface area contributed by atoms with Gasteiger partial charge in [-0.15, -0.1) is 0 Å². The predicted octanol–water partition coefficient (Wildman–Crippen LogP) is 2.71. The summed E-state index contributed by atoms with van der Waals surface area (Å²) < 4.78 is 11.7. The van der Waals surface area contributed by atoms with Crippen molar-refractivity contribution >= 4 is 0 Å². The Morgan fingerprint density at radius 2 is 2.00 bits per heavy atom. The van der Waals surface area contributed by atoms with Gasteiger partial charge in [-0.25, -0.2) is 0 Å². The van der Waals surface area contributed by atoms with Crippen molar-refractivity contribution in [3.63, 3.8) is 0 Å². The molecule has 1 aliphatic heterocycles. The number of ether oxygens (including phenoxy) is 2. The van der Waals surface area contributed by atoms with E-state index in [0.29, 0.717) is 6.04 Å². The van der Waals surface area contributed by atoms with Gasteiger partial charge in [-0.2, -0.15) is 0 Å². The Kier molecular flexibility index (Phi) is 5.58. The number of hydrogen-bond donors (Lipinski definition) is 1. The monoisotopic (exact) mass is 277 g/mol. The number of likely N-dealkylation sites (N-methyl/N-ethyl adjacent to an activating group) is 1. The maximum absolute atomic E-state index is 6.19. The van der Waals surface area contributed by atoms with Crippen LogP contribution in [-0.4, -0.2) is 38.5 Å². The number of rotatable bonds is 6. The van der Waals surface area contributed by atoms with Crippen LogP contribution in [0.1, 0.15) is 30.9 Å². The van der Waals surface area contributed by atoms with Crippen LogP contribution in [0.4, 0.5) is 0 Å². The normalized spacial score (nSPS) is 19.8. The fraction of sp³-hybridized carbons (Fsp3) is 0.647. The number of benzene rings is 1. The molecule has 0 amide bonds. The fourth-order valence-corrected chi connectivity index (χ4v) is 3.21. The van der Waals surface area contributed by atoms with Crippen LogP contribution in [0.25, 0.3) is 0 Å². The summed E-state index contributed by atoms with van der Waals surface area (Å²) in [6.45, 7) is 6.61. The van der Waals surface area contributed by atoms with Crippen LogP contribution in [0.2, 0.25) is 0 Å². The summed E-state index contributed by atoms with van der Waals surface area (Å²) in [4.78, 5) is 0. The molecule has 1 aromatic carbocycles. The highest BCUT2D eigenvalue weighted by Crippen LogP contribution is 2.31. The van der Waals surface area contributed by atoms with Gasteiger partial charge in [0.25, 0.3) is 0 Å². The zero-order chi connectivity index (χ0) is 14.4. The minimum Gasteiger partial charge on any atom is -0.381 e. The first-order chi connectivity index (χ1) is 9.72. The van der Waals surface area contributed by atoms with Crippen molar-refractivity contribution in [3.8, 4) is 0 Å². The average molecular weight is 277 g/mol. The molecule has 0 aliphatic carbocycles. The largest absolute Gasteiger partial charge is 0.381 e. The first kappa shape index (κ1) is 15.5. The molecule has 0 aromatic heterocycles. The van der Waals surface area contributed by atoms with E-state index in [9.17, 15) is 0 Å². The molecule has 1 aliphatic rings. The Morgan fingerprint density at radius 1 is 1.30 bits per heavy atom. The van der Waals surface area contributed by atoms with Crippen molar-refractivity contribution in [2.45, 2.75) is 44.8 Å². The maximum atomic E-state index is 6.19. The Hall–Kier alpha value is -0.900. The molecule has 0 bridgehead atoms. The Bertz CT molecular complexity index is 408. The average Bonchev–Trinajstić information content (AvgIpc) is 2.47. The van der Waals surface area contributed by atoms with E-state index in [1.807, 2.05) is 7.05 Å². The molecule has 2 rings (SSSR count). The van der Waals surface area contributed by atoms with Crippen LogP contribution in [-0.2, 0) is 15.9 Å². The molecule has 20 heavy (non-hydrogen) atoms. The first-order valence-corrected chi connectivity index (χ1v) is 7.65. The highest BCUT2D eigenvalue weighted by atomic mass is 16.5. The second-order valence-electron chi connectivity index (χ2n) is 5.58. The van der Waals surface area contributed by atoms with Crippen LogP contribution >= 0.6 is 0 Å². The summed E-state index contributed by atoms with van der Waals surface area (Å²) in [7, 11) is 2.04. The molecule has 1 heterocycles. The van der Waals surface area contributed by atoms with Gasteiger partial charge in [0.15, 0.2) is 0 Å². The van der Waals surface area contributed by atoms with Gasteiger partial charge in [0.1, 0.15) is 0 Å². The van der Waals surface area contributed by atoms with E-state index in [4.69, 9.17) is 9.47 Å². The first-order valence-electron chi connectivity index (χ1n) is 7.65. The zero-order valence-electron chi connectivity index (χ0n) is 12.9. The molecule has 112 valence electrons. The summed E-state index contributed by atoms with van der Waals surface area (Å²) >= 11 is 0. The lowest BCUT2D eigenvalue weighted by molar-refractivity contribution is -0.125. The predicted molar refractivity (Wildman–Crippen MR) is 82.1 cm³/mol. The summed E-state index contributed by atoms with van der Waals surface area (Å²) in [6.07, 6.45) is 2.94. The molecule has 0 radical (unpaired) electrons. The van der Waals surface area contributed by atoms with E-state index in [1.54, 1.807) is 0 Å². The second kappa shape index (κ2) is 7.21. The van der Waals surface area contributed by atoms with E-state index >= 15 is 0 Å². The van der Waals surface area contributed by atoms with Gasteiger partial charge < -0.3 is 14.8 Å². The van der Waals surface area contributed by atoms with Crippen molar-refractivity contribution in [1.82, 2.24) is 5.32 Å². The highest BCUT2D eigenvalue weighted by molar-refractivity contribution is 5.27. The van der Waals surface area contributed by atoms with Crippen molar-refractivity contribution in [2.75, 3.05) is 26.9 Å². The molecule has 3 nitrogen and oxygen atoms in total. The lowest BCUT2D eigenvalue weighted by Crippen LogP contribution is -2.55. The third kappa shape index (κ3) is 3.40. The topological polar surface area (TPSA) is 30.5 Å². The molecule has 1 atom stereocenters. The molecular formula is C17H27NO2. The Morgan fingerprint density at radius 3 is 2.60 bits per heavy atom. The molecule has 1 aromatic rings. The lowest BCUT2D eigenvalue weighted by atomic mass is 9.82. The molecule has 1 unspecified atom stereocenters. The fourth-order valence-electron chi connectivity index (χ4n) is 3.21. The third-order valence-corrected chi connectivity index (χ3v) is 4.44. The van der Waals surface area contributed by atoms with Crippen molar-refractivity contribution in [3.05, 3.63) is 35.4 Å².